The standard InChI is InChI=1S/C45H28N2O/c1-3-14-29(15-4-1)40-28-41(30-16-5-2-6-17-30)47-44(46-40)35-22-13-25-38-43(35)48-42-27-32-19-8-7-18-31(32)26-39(42)45(38)36-23-11-9-20-33(36)34-21-10-12-24-37(34)45/h1-28H. The number of hydrogen-bond acceptors (Lipinski definition) is 3. The highest BCUT2D eigenvalue weighted by molar-refractivity contribution is 5.94. The van der Waals surface area contributed by atoms with E-state index >= 15 is 0 Å². The Morgan fingerprint density at radius 2 is 0.896 bits per heavy atom. The summed E-state index contributed by atoms with van der Waals surface area (Å²) in [7, 11) is 0. The second-order valence-electron chi connectivity index (χ2n) is 12.5. The molecule has 3 nitrogen and oxygen atoms in total. The third kappa shape index (κ3) is 3.82. The zero-order valence-corrected chi connectivity index (χ0v) is 26.0. The summed E-state index contributed by atoms with van der Waals surface area (Å²) < 4.78 is 7.10. The van der Waals surface area contributed by atoms with Crippen LogP contribution in [0.25, 0.3) is 55.8 Å². The molecule has 0 bridgehead atoms. The second kappa shape index (κ2) is 10.3. The van der Waals surface area contributed by atoms with Crippen LogP contribution in [0.4, 0.5) is 0 Å². The van der Waals surface area contributed by atoms with Gasteiger partial charge in [0.25, 0.3) is 0 Å². The average molecular weight is 613 g/mol. The Bertz CT molecular complexity index is 2440. The van der Waals surface area contributed by atoms with Gasteiger partial charge in [0.15, 0.2) is 5.82 Å². The summed E-state index contributed by atoms with van der Waals surface area (Å²) in [5, 5.41) is 2.33. The lowest BCUT2D eigenvalue weighted by Crippen LogP contribution is -2.32. The Morgan fingerprint density at radius 3 is 1.52 bits per heavy atom. The van der Waals surface area contributed by atoms with Crippen LogP contribution in [0, 0.1) is 0 Å². The molecular formula is C45H28N2O. The van der Waals surface area contributed by atoms with Crippen LogP contribution in [-0.4, -0.2) is 9.97 Å². The Hall–Kier alpha value is -6.32. The summed E-state index contributed by atoms with van der Waals surface area (Å²) in [6, 6.07) is 59.9. The van der Waals surface area contributed by atoms with Gasteiger partial charge in [-0.05, 0) is 57.3 Å². The molecule has 8 aromatic rings. The molecule has 1 aliphatic heterocycles. The fraction of sp³-hybridized carbons (Fsp3) is 0.0222. The van der Waals surface area contributed by atoms with Crippen LogP contribution in [0.1, 0.15) is 22.3 Å². The lowest BCUT2D eigenvalue weighted by Gasteiger charge is -2.40. The Labute approximate surface area is 278 Å². The summed E-state index contributed by atoms with van der Waals surface area (Å²) >= 11 is 0. The maximum absolute atomic E-state index is 7.10. The molecule has 0 radical (unpaired) electrons. The number of para-hydroxylation sites is 1. The van der Waals surface area contributed by atoms with Crippen molar-refractivity contribution < 1.29 is 4.74 Å². The second-order valence-corrected chi connectivity index (χ2v) is 12.5. The van der Waals surface area contributed by atoms with E-state index < -0.39 is 5.41 Å². The monoisotopic (exact) mass is 612 g/mol. The Morgan fingerprint density at radius 1 is 0.396 bits per heavy atom. The number of fused-ring (bicyclic) bond motifs is 10. The van der Waals surface area contributed by atoms with Gasteiger partial charge in [-0.3, -0.25) is 0 Å². The highest BCUT2D eigenvalue weighted by Gasteiger charge is 2.51. The van der Waals surface area contributed by atoms with Gasteiger partial charge in [-0.25, -0.2) is 9.97 Å². The minimum absolute atomic E-state index is 0.588. The van der Waals surface area contributed by atoms with E-state index in [2.05, 4.69) is 133 Å². The first-order valence-corrected chi connectivity index (χ1v) is 16.3. The summed E-state index contributed by atoms with van der Waals surface area (Å²) in [5.41, 5.74) is 11.3. The van der Waals surface area contributed by atoms with E-state index in [0.29, 0.717) is 5.82 Å². The minimum atomic E-state index is -0.588. The number of benzene rings is 7. The molecule has 2 heterocycles. The molecule has 1 aliphatic carbocycles. The van der Waals surface area contributed by atoms with Crippen LogP contribution < -0.4 is 4.74 Å². The van der Waals surface area contributed by atoms with Crippen LogP contribution in [0.15, 0.2) is 170 Å². The highest BCUT2D eigenvalue weighted by Crippen LogP contribution is 2.63. The highest BCUT2D eigenvalue weighted by atomic mass is 16.5. The first-order chi connectivity index (χ1) is 23.8. The summed E-state index contributed by atoms with van der Waals surface area (Å²) in [4.78, 5) is 10.5. The van der Waals surface area contributed by atoms with E-state index in [1.165, 1.54) is 27.6 Å². The number of rotatable bonds is 3. The third-order valence-electron chi connectivity index (χ3n) is 9.94. The van der Waals surface area contributed by atoms with Crippen LogP contribution in [0.3, 0.4) is 0 Å². The number of aromatic nitrogens is 2. The van der Waals surface area contributed by atoms with Crippen molar-refractivity contribution in [1.82, 2.24) is 9.97 Å². The molecule has 0 amide bonds. The quantitative estimate of drug-likeness (QED) is 0.199. The maximum atomic E-state index is 7.10. The lowest BCUT2D eigenvalue weighted by atomic mass is 9.65. The molecule has 0 fully saturated rings. The van der Waals surface area contributed by atoms with E-state index in [9.17, 15) is 0 Å². The van der Waals surface area contributed by atoms with Gasteiger partial charge in [-0.2, -0.15) is 0 Å². The number of ether oxygens (including phenoxy) is 1. The predicted octanol–water partition coefficient (Wildman–Crippen LogP) is 11.1. The van der Waals surface area contributed by atoms with Gasteiger partial charge in [-0.15, -0.1) is 0 Å². The minimum Gasteiger partial charge on any atom is -0.456 e. The van der Waals surface area contributed by atoms with Crippen LogP contribution >= 0.6 is 0 Å². The average Bonchev–Trinajstić information content (AvgIpc) is 3.45. The molecule has 0 N–H and O–H groups in total. The fourth-order valence-corrected chi connectivity index (χ4v) is 7.87. The van der Waals surface area contributed by atoms with E-state index in [1.807, 2.05) is 36.4 Å². The largest absolute Gasteiger partial charge is 0.456 e. The van der Waals surface area contributed by atoms with Crippen LogP contribution in [-0.2, 0) is 5.41 Å². The van der Waals surface area contributed by atoms with Crippen molar-refractivity contribution in [3.8, 4) is 56.5 Å². The first kappa shape index (κ1) is 26.9. The number of hydrogen-bond donors (Lipinski definition) is 0. The van der Waals surface area contributed by atoms with Gasteiger partial charge in [0.2, 0.25) is 0 Å². The zero-order valence-electron chi connectivity index (χ0n) is 26.0. The molecular weight excluding hydrogens is 585 g/mol. The third-order valence-corrected chi connectivity index (χ3v) is 9.94. The van der Waals surface area contributed by atoms with Crippen molar-refractivity contribution >= 4 is 10.8 Å². The number of nitrogens with zero attached hydrogens (tertiary/aromatic N) is 2. The molecule has 0 unspecified atom stereocenters. The topological polar surface area (TPSA) is 35.0 Å². The van der Waals surface area contributed by atoms with Gasteiger partial charge >= 0.3 is 0 Å². The molecule has 7 aromatic carbocycles. The Balaban J connectivity index is 1.30. The van der Waals surface area contributed by atoms with Crippen molar-refractivity contribution in [3.05, 3.63) is 192 Å². The van der Waals surface area contributed by atoms with Gasteiger partial charge in [-0.1, -0.05) is 146 Å². The van der Waals surface area contributed by atoms with E-state index in [1.54, 1.807) is 0 Å². The molecule has 224 valence electrons. The van der Waals surface area contributed by atoms with Gasteiger partial charge < -0.3 is 4.74 Å². The molecule has 0 saturated heterocycles. The van der Waals surface area contributed by atoms with Gasteiger partial charge in [0, 0.05) is 22.3 Å². The van der Waals surface area contributed by atoms with Gasteiger partial charge in [0.05, 0.1) is 22.4 Å². The molecule has 0 atom stereocenters. The maximum Gasteiger partial charge on any atom is 0.164 e. The molecule has 2 aliphatic rings. The van der Waals surface area contributed by atoms with Crippen LogP contribution in [0.5, 0.6) is 11.5 Å². The molecule has 10 rings (SSSR count). The first-order valence-electron chi connectivity index (χ1n) is 16.3. The van der Waals surface area contributed by atoms with Crippen molar-refractivity contribution in [1.29, 1.82) is 0 Å². The molecule has 3 heteroatoms. The molecule has 1 aromatic heterocycles. The molecule has 0 saturated carbocycles. The smallest absolute Gasteiger partial charge is 0.164 e. The van der Waals surface area contributed by atoms with Crippen molar-refractivity contribution in [2.75, 3.05) is 0 Å². The lowest BCUT2D eigenvalue weighted by molar-refractivity contribution is 0.438. The van der Waals surface area contributed by atoms with Crippen molar-refractivity contribution in [2.45, 2.75) is 5.41 Å². The fourth-order valence-electron chi connectivity index (χ4n) is 7.87. The zero-order chi connectivity index (χ0) is 31.7. The summed E-state index contributed by atoms with van der Waals surface area (Å²) in [5.74, 6) is 2.27. The predicted molar refractivity (Wildman–Crippen MR) is 193 cm³/mol. The SMILES string of the molecule is c1ccc(-c2cc(-c3ccccc3)nc(-c3cccc4c3Oc3cc5ccccc5cc3C43c4ccccc4-c4ccccc43)n2)cc1. The molecule has 48 heavy (non-hydrogen) atoms. The van der Waals surface area contributed by atoms with E-state index in [-0.39, 0.29) is 0 Å². The van der Waals surface area contributed by atoms with E-state index in [4.69, 9.17) is 14.7 Å². The van der Waals surface area contributed by atoms with Crippen LogP contribution in [0.2, 0.25) is 0 Å². The van der Waals surface area contributed by atoms with E-state index in [0.717, 1.165) is 56.1 Å². The molecule has 1 spiro atoms. The van der Waals surface area contributed by atoms with Crippen molar-refractivity contribution in [3.63, 3.8) is 0 Å². The Kier molecular flexibility index (Phi) is 5.79. The van der Waals surface area contributed by atoms with Crippen molar-refractivity contribution in [2.24, 2.45) is 0 Å². The normalized spacial score (nSPS) is 13.3. The summed E-state index contributed by atoms with van der Waals surface area (Å²) in [6.07, 6.45) is 0. The van der Waals surface area contributed by atoms with Gasteiger partial charge in [0.1, 0.15) is 11.5 Å². The summed E-state index contributed by atoms with van der Waals surface area (Å²) in [6.45, 7) is 0.